The van der Waals surface area contributed by atoms with Crippen LogP contribution in [0.25, 0.3) is 0 Å². The second kappa shape index (κ2) is 7.50. The molecule has 1 amide bonds. The first kappa shape index (κ1) is 17.3. The van der Waals surface area contributed by atoms with Crippen molar-refractivity contribution >= 4 is 23.4 Å². The average molecular weight is 334 g/mol. The van der Waals surface area contributed by atoms with Crippen LogP contribution in [-0.2, 0) is 11.3 Å². The fourth-order valence-corrected chi connectivity index (χ4v) is 3.14. The zero-order valence-corrected chi connectivity index (χ0v) is 14.7. The van der Waals surface area contributed by atoms with Crippen LogP contribution in [0.4, 0.5) is 5.69 Å². The molecule has 1 atom stereocenters. The van der Waals surface area contributed by atoms with Crippen LogP contribution in [0.2, 0.25) is 0 Å². The Morgan fingerprint density at radius 1 is 1.39 bits per heavy atom. The van der Waals surface area contributed by atoms with E-state index in [4.69, 9.17) is 0 Å². The molecule has 0 spiro atoms. The number of aromatic nitrogens is 3. The summed E-state index contributed by atoms with van der Waals surface area (Å²) < 4.78 is 1.56. The zero-order valence-electron chi connectivity index (χ0n) is 13.8. The Kier molecular flexibility index (Phi) is 5.65. The summed E-state index contributed by atoms with van der Waals surface area (Å²) in [6, 6.07) is 5.89. The van der Waals surface area contributed by atoms with Crippen molar-refractivity contribution in [1.82, 2.24) is 14.8 Å². The van der Waals surface area contributed by atoms with Gasteiger partial charge in [0.05, 0.1) is 5.25 Å². The van der Waals surface area contributed by atoms with Gasteiger partial charge in [0.15, 0.2) is 5.16 Å². The van der Waals surface area contributed by atoms with E-state index < -0.39 is 0 Å². The van der Waals surface area contributed by atoms with Crippen LogP contribution >= 0.6 is 11.8 Å². The number of aromatic amines is 1. The number of aryl methyl sites for hydroxylation is 2. The second-order valence-electron chi connectivity index (χ2n) is 5.48. The molecular weight excluding hydrogens is 312 g/mol. The van der Waals surface area contributed by atoms with E-state index in [1.807, 2.05) is 45.9 Å². The monoisotopic (exact) mass is 334 g/mol. The number of benzene rings is 1. The van der Waals surface area contributed by atoms with Crippen LogP contribution < -0.4 is 11.0 Å². The molecule has 2 N–H and O–H groups in total. The molecule has 0 unspecified atom stereocenters. The Bertz CT molecular complexity index is 731. The normalized spacial score (nSPS) is 12.2. The lowest BCUT2D eigenvalue weighted by Crippen LogP contribution is -2.24. The zero-order chi connectivity index (χ0) is 17.0. The number of carbonyl (C=O) groups excluding carboxylic acids is 1. The molecule has 6 nitrogen and oxygen atoms in total. The number of nitrogens with zero attached hydrogens (tertiary/aromatic N) is 2. The summed E-state index contributed by atoms with van der Waals surface area (Å²) in [4.78, 5) is 24.1. The summed E-state index contributed by atoms with van der Waals surface area (Å²) >= 11 is 1.28. The SMILES string of the molecule is CCCn1c(S[C@H](C)C(=O)Nc2c(C)cccc2C)n[nH]c1=O. The van der Waals surface area contributed by atoms with Crippen LogP contribution in [0.15, 0.2) is 28.2 Å². The molecule has 124 valence electrons. The topological polar surface area (TPSA) is 79.8 Å². The lowest BCUT2D eigenvalue weighted by molar-refractivity contribution is -0.115. The minimum atomic E-state index is -0.361. The van der Waals surface area contributed by atoms with Gasteiger partial charge in [-0.2, -0.15) is 0 Å². The number of hydrogen-bond acceptors (Lipinski definition) is 4. The third-order valence-electron chi connectivity index (χ3n) is 3.55. The Balaban J connectivity index is 2.10. The molecule has 1 heterocycles. The number of amides is 1. The van der Waals surface area contributed by atoms with Gasteiger partial charge in [-0.25, -0.2) is 9.89 Å². The molecule has 0 radical (unpaired) electrons. The standard InChI is InChI=1S/C16H22N4O2S/c1-5-9-20-15(22)18-19-16(20)23-12(4)14(21)17-13-10(2)7-6-8-11(13)3/h6-8,12H,5,9H2,1-4H3,(H,17,21)(H,18,22)/t12-/m1/s1. The lowest BCUT2D eigenvalue weighted by atomic mass is 10.1. The smallest absolute Gasteiger partial charge is 0.325 e. The van der Waals surface area contributed by atoms with E-state index in [2.05, 4.69) is 15.5 Å². The minimum absolute atomic E-state index is 0.106. The number of carbonyl (C=O) groups is 1. The molecule has 7 heteroatoms. The van der Waals surface area contributed by atoms with Crippen LogP contribution in [-0.4, -0.2) is 25.9 Å². The van der Waals surface area contributed by atoms with Gasteiger partial charge >= 0.3 is 5.69 Å². The molecule has 0 fully saturated rings. The number of anilines is 1. The fraction of sp³-hybridized carbons (Fsp3) is 0.438. The van der Waals surface area contributed by atoms with E-state index in [9.17, 15) is 9.59 Å². The lowest BCUT2D eigenvalue weighted by Gasteiger charge is -2.15. The first-order chi connectivity index (χ1) is 10.9. The van der Waals surface area contributed by atoms with Gasteiger partial charge in [0.1, 0.15) is 0 Å². The minimum Gasteiger partial charge on any atom is -0.325 e. The molecule has 2 rings (SSSR count). The first-order valence-electron chi connectivity index (χ1n) is 7.63. The van der Waals surface area contributed by atoms with E-state index in [1.165, 1.54) is 11.8 Å². The predicted octanol–water partition coefficient (Wildman–Crippen LogP) is 2.72. The number of rotatable bonds is 6. The van der Waals surface area contributed by atoms with E-state index in [0.29, 0.717) is 11.7 Å². The third-order valence-corrected chi connectivity index (χ3v) is 4.64. The molecule has 0 aliphatic carbocycles. The van der Waals surface area contributed by atoms with Gasteiger partial charge in [0.2, 0.25) is 5.91 Å². The highest BCUT2D eigenvalue weighted by Gasteiger charge is 2.19. The van der Waals surface area contributed by atoms with Crippen molar-refractivity contribution in [2.75, 3.05) is 5.32 Å². The van der Waals surface area contributed by atoms with Crippen LogP contribution in [0.3, 0.4) is 0 Å². The number of H-pyrrole nitrogens is 1. The van der Waals surface area contributed by atoms with Gasteiger partial charge < -0.3 is 5.32 Å². The Morgan fingerprint density at radius 2 is 2.04 bits per heavy atom. The Hall–Kier alpha value is -2.02. The molecule has 1 aromatic heterocycles. The van der Waals surface area contributed by atoms with Gasteiger partial charge in [-0.15, -0.1) is 5.10 Å². The summed E-state index contributed by atoms with van der Waals surface area (Å²) in [5.74, 6) is -0.106. The third kappa shape index (κ3) is 4.04. The summed E-state index contributed by atoms with van der Waals surface area (Å²) in [6.45, 7) is 8.32. The van der Waals surface area contributed by atoms with Crippen molar-refractivity contribution in [3.63, 3.8) is 0 Å². The van der Waals surface area contributed by atoms with Gasteiger partial charge in [-0.1, -0.05) is 36.9 Å². The van der Waals surface area contributed by atoms with Crippen molar-refractivity contribution < 1.29 is 4.79 Å². The summed E-state index contributed by atoms with van der Waals surface area (Å²) in [5.41, 5.74) is 2.66. The number of para-hydroxylation sites is 1. The van der Waals surface area contributed by atoms with Crippen molar-refractivity contribution in [2.24, 2.45) is 0 Å². The maximum absolute atomic E-state index is 12.4. The maximum atomic E-state index is 12.4. The molecule has 1 aromatic carbocycles. The molecular formula is C16H22N4O2S. The highest BCUT2D eigenvalue weighted by Crippen LogP contribution is 2.24. The number of hydrogen-bond donors (Lipinski definition) is 2. The number of thioether (sulfide) groups is 1. The van der Waals surface area contributed by atoms with Crippen molar-refractivity contribution in [1.29, 1.82) is 0 Å². The van der Waals surface area contributed by atoms with Gasteiger partial charge in [0, 0.05) is 12.2 Å². The Labute approximate surface area is 139 Å². The molecule has 0 saturated carbocycles. The van der Waals surface area contributed by atoms with Crippen molar-refractivity contribution in [2.45, 2.75) is 51.1 Å². The highest BCUT2D eigenvalue weighted by molar-refractivity contribution is 8.00. The highest BCUT2D eigenvalue weighted by atomic mass is 32.2. The molecule has 0 saturated heterocycles. The molecule has 23 heavy (non-hydrogen) atoms. The summed E-state index contributed by atoms with van der Waals surface area (Å²) in [5, 5.41) is 9.60. The van der Waals surface area contributed by atoms with Gasteiger partial charge in [0.25, 0.3) is 0 Å². The average Bonchev–Trinajstić information content (AvgIpc) is 2.84. The van der Waals surface area contributed by atoms with Gasteiger partial charge in [-0.3, -0.25) is 9.36 Å². The largest absolute Gasteiger partial charge is 0.343 e. The molecule has 0 bridgehead atoms. The van der Waals surface area contributed by atoms with Crippen molar-refractivity contribution in [3.05, 3.63) is 39.8 Å². The Morgan fingerprint density at radius 3 is 2.65 bits per heavy atom. The summed E-state index contributed by atoms with van der Waals surface area (Å²) in [6.07, 6.45) is 0.829. The maximum Gasteiger partial charge on any atom is 0.343 e. The number of nitrogens with one attached hydrogen (secondary N) is 2. The fourth-order valence-electron chi connectivity index (χ4n) is 2.26. The first-order valence-corrected chi connectivity index (χ1v) is 8.51. The molecule has 0 aliphatic heterocycles. The predicted molar refractivity (Wildman–Crippen MR) is 93.0 cm³/mol. The van der Waals surface area contributed by atoms with E-state index in [0.717, 1.165) is 23.2 Å². The van der Waals surface area contributed by atoms with E-state index in [-0.39, 0.29) is 16.8 Å². The van der Waals surface area contributed by atoms with Crippen LogP contribution in [0, 0.1) is 13.8 Å². The molecule has 2 aromatic rings. The van der Waals surface area contributed by atoms with Crippen molar-refractivity contribution in [3.8, 4) is 0 Å². The van der Waals surface area contributed by atoms with E-state index >= 15 is 0 Å². The quantitative estimate of drug-likeness (QED) is 0.796. The van der Waals surface area contributed by atoms with Crippen LogP contribution in [0.5, 0.6) is 0 Å². The summed E-state index contributed by atoms with van der Waals surface area (Å²) in [7, 11) is 0. The second-order valence-corrected chi connectivity index (χ2v) is 6.79. The van der Waals surface area contributed by atoms with E-state index in [1.54, 1.807) is 4.57 Å². The molecule has 0 aliphatic rings. The van der Waals surface area contributed by atoms with Gasteiger partial charge in [-0.05, 0) is 38.3 Å². The van der Waals surface area contributed by atoms with Crippen LogP contribution in [0.1, 0.15) is 31.4 Å².